The smallest absolute Gasteiger partial charge is 0.00130 e. The Balaban J connectivity index is 0.000000136. The Morgan fingerprint density at radius 3 is 0.744 bits per heavy atom. The molecule has 0 amide bonds. The van der Waals surface area contributed by atoms with Crippen molar-refractivity contribution in [1.82, 2.24) is 0 Å². The molecule has 12 rings (SSSR count). The van der Waals surface area contributed by atoms with Crippen LogP contribution in [0.15, 0.2) is 121 Å². The lowest BCUT2D eigenvalue weighted by Crippen LogP contribution is -1.93. The Morgan fingerprint density at radius 1 is 0.205 bits per heavy atom. The van der Waals surface area contributed by atoms with E-state index >= 15 is 0 Å². The highest BCUT2D eigenvalue weighted by Crippen LogP contribution is 2.43. The van der Waals surface area contributed by atoms with Crippen LogP contribution in [0.25, 0.3) is 66.1 Å². The highest BCUT2D eigenvalue weighted by molar-refractivity contribution is 6.06. The van der Waals surface area contributed by atoms with Crippen molar-refractivity contribution in [1.29, 1.82) is 0 Å². The van der Waals surface area contributed by atoms with Gasteiger partial charge in [0.1, 0.15) is 0 Å². The third-order valence-corrected chi connectivity index (χ3v) is 17.9. The van der Waals surface area contributed by atoms with E-state index in [1.165, 1.54) is 200 Å². The summed E-state index contributed by atoms with van der Waals surface area (Å²) in [5.41, 5.74) is 44.6. The maximum Gasteiger partial charge on any atom is -0.00130 e. The summed E-state index contributed by atoms with van der Waals surface area (Å²) >= 11 is 0. The van der Waals surface area contributed by atoms with Crippen LogP contribution in [0.3, 0.4) is 0 Å². The summed E-state index contributed by atoms with van der Waals surface area (Å²) in [6.45, 7) is 44.0. The molecular weight excluding hydrogens is 937 g/mol. The molecule has 0 heterocycles. The van der Waals surface area contributed by atoms with Gasteiger partial charge in [0, 0.05) is 0 Å². The summed E-state index contributed by atoms with van der Waals surface area (Å²) in [5, 5.41) is 5.62. The van der Waals surface area contributed by atoms with Gasteiger partial charge in [-0.1, -0.05) is 132 Å². The maximum atomic E-state index is 2.42. The molecule has 10 aromatic rings. The molecule has 2 aliphatic rings. The fourth-order valence-corrected chi connectivity index (χ4v) is 12.8. The molecule has 0 aromatic heterocycles. The topological polar surface area (TPSA) is 0 Å². The van der Waals surface area contributed by atoms with Crippen molar-refractivity contribution in [2.45, 2.75) is 151 Å². The molecule has 396 valence electrons. The lowest BCUT2D eigenvalue weighted by atomic mass is 9.89. The number of hydrogen-bond acceptors (Lipinski definition) is 0. The van der Waals surface area contributed by atoms with Crippen molar-refractivity contribution >= 4 is 21.5 Å². The van der Waals surface area contributed by atoms with Crippen LogP contribution in [0.1, 0.15) is 134 Å². The largest absolute Gasteiger partial charge is 0.0559 e. The molecule has 0 N–H and O–H groups in total. The lowest BCUT2D eigenvalue weighted by Gasteiger charge is -2.15. The predicted octanol–water partition coefficient (Wildman–Crippen LogP) is 21.7. The fraction of sp³-hybridized carbons (Fsp3) is 0.282. The number of rotatable bonds is 2. The molecule has 0 radical (unpaired) electrons. The van der Waals surface area contributed by atoms with Gasteiger partial charge in [0.05, 0.1) is 0 Å². The van der Waals surface area contributed by atoms with Crippen molar-refractivity contribution in [2.75, 3.05) is 0 Å². The predicted molar refractivity (Wildman–Crippen MR) is 343 cm³/mol. The standard InChI is InChI=1S/C31H30.C20H22.C17H18.C10H14/c1-18-11-20(3)30(21(4)12-18)24-7-9-28-26(15-24)17-27-16-25(8-10-29(27)28)31-22(5)13-19(2)14-23(31)6;1-11-7-17-15(5)19-9-13(3)14(4)10-20(19)16(6)18(17)8-12(11)2;1-10-5-14-9-15-6-11(2)13(4)8-17(15)16(14)7-12(10)3;1-7-5-9(3)10(4)6-8(7)2/h7-16H,17H2,1-6H3;7-10H,1-6H3;5-8H,9H2,1-4H3;5-6H,1-4H3. The van der Waals surface area contributed by atoms with E-state index in [9.17, 15) is 0 Å². The zero-order chi connectivity index (χ0) is 56.3. The molecule has 0 bridgehead atoms. The molecule has 2 aliphatic carbocycles. The Morgan fingerprint density at radius 2 is 0.449 bits per heavy atom. The SMILES string of the molecule is Cc1cc(C)c(-c2ccc3c(c2)Cc2cc(-c4c(C)cc(C)cc4C)ccc2-3)c(C)c1.Cc1cc(C)c(C)cc1C.Cc1cc2c(C)c3cc(C)c(C)cc3c(C)c2cc1C.Cc1cc2c(cc1C)-c1cc(C)c(C)cc1C2. The number of aryl methyl sites for hydroxylation is 20. The number of fused-ring (bicyclic) bond motifs is 8. The second kappa shape index (κ2) is 21.9. The first-order valence-corrected chi connectivity index (χ1v) is 28.5. The van der Waals surface area contributed by atoms with Crippen LogP contribution in [-0.4, -0.2) is 0 Å². The first-order valence-electron chi connectivity index (χ1n) is 28.5. The summed E-state index contributed by atoms with van der Waals surface area (Å²) < 4.78 is 0. The highest BCUT2D eigenvalue weighted by Gasteiger charge is 2.23. The van der Waals surface area contributed by atoms with E-state index in [0.29, 0.717) is 0 Å². The van der Waals surface area contributed by atoms with Gasteiger partial charge in [-0.15, -0.1) is 0 Å². The minimum Gasteiger partial charge on any atom is -0.0559 e. The van der Waals surface area contributed by atoms with Gasteiger partial charge in [-0.05, 0) is 340 Å². The van der Waals surface area contributed by atoms with E-state index in [0.717, 1.165) is 12.8 Å². The molecule has 78 heavy (non-hydrogen) atoms. The molecule has 0 nitrogen and oxygen atoms in total. The van der Waals surface area contributed by atoms with Gasteiger partial charge in [0.15, 0.2) is 0 Å². The zero-order valence-electron chi connectivity index (χ0n) is 51.0. The molecule has 0 unspecified atom stereocenters. The van der Waals surface area contributed by atoms with Crippen LogP contribution in [0.4, 0.5) is 0 Å². The van der Waals surface area contributed by atoms with E-state index in [4.69, 9.17) is 0 Å². The van der Waals surface area contributed by atoms with Crippen molar-refractivity contribution < 1.29 is 0 Å². The fourth-order valence-electron chi connectivity index (χ4n) is 12.8. The third kappa shape index (κ3) is 10.8. The van der Waals surface area contributed by atoms with E-state index in [2.05, 4.69) is 260 Å². The third-order valence-electron chi connectivity index (χ3n) is 17.9. The Hall–Kier alpha value is -7.28. The molecule has 0 atom stereocenters. The van der Waals surface area contributed by atoms with E-state index in [-0.39, 0.29) is 0 Å². The Bertz CT molecular complexity index is 3650. The van der Waals surface area contributed by atoms with Gasteiger partial charge < -0.3 is 0 Å². The second-order valence-electron chi connectivity index (χ2n) is 24.1. The molecule has 0 aliphatic heterocycles. The van der Waals surface area contributed by atoms with E-state index < -0.39 is 0 Å². The summed E-state index contributed by atoms with van der Waals surface area (Å²) in [7, 11) is 0. The van der Waals surface area contributed by atoms with Gasteiger partial charge in [-0.3, -0.25) is 0 Å². The molecule has 0 saturated heterocycles. The van der Waals surface area contributed by atoms with Crippen LogP contribution in [0, 0.1) is 138 Å². The summed E-state index contributed by atoms with van der Waals surface area (Å²) in [4.78, 5) is 0. The minimum absolute atomic E-state index is 1.01. The first kappa shape index (κ1) is 55.5. The zero-order valence-corrected chi connectivity index (χ0v) is 51.0. The van der Waals surface area contributed by atoms with Gasteiger partial charge >= 0.3 is 0 Å². The van der Waals surface area contributed by atoms with Crippen LogP contribution in [-0.2, 0) is 12.8 Å². The molecule has 0 spiro atoms. The van der Waals surface area contributed by atoms with Gasteiger partial charge in [0.2, 0.25) is 0 Å². The van der Waals surface area contributed by atoms with Crippen LogP contribution >= 0.6 is 0 Å². The summed E-state index contributed by atoms with van der Waals surface area (Å²) in [6, 6.07) is 46.6. The van der Waals surface area contributed by atoms with Crippen molar-refractivity contribution in [2.24, 2.45) is 0 Å². The highest BCUT2D eigenvalue weighted by atomic mass is 14.3. The van der Waals surface area contributed by atoms with Crippen molar-refractivity contribution in [3.63, 3.8) is 0 Å². The molecule has 0 fully saturated rings. The molecule has 0 heteroatoms. The lowest BCUT2D eigenvalue weighted by molar-refractivity contribution is 1.21. The summed E-state index contributed by atoms with van der Waals surface area (Å²) in [5.74, 6) is 0. The van der Waals surface area contributed by atoms with Crippen LogP contribution in [0.5, 0.6) is 0 Å². The second-order valence-corrected chi connectivity index (χ2v) is 24.1. The average Bonchev–Trinajstić information content (AvgIpc) is 3.97. The monoisotopic (exact) mass is 1020 g/mol. The summed E-state index contributed by atoms with van der Waals surface area (Å²) in [6.07, 6.45) is 2.12. The quantitative estimate of drug-likeness (QED) is 0.151. The number of hydrogen-bond donors (Lipinski definition) is 0. The van der Waals surface area contributed by atoms with Gasteiger partial charge in [0.25, 0.3) is 0 Å². The molecule has 10 aromatic carbocycles. The van der Waals surface area contributed by atoms with Crippen LogP contribution in [0.2, 0.25) is 0 Å². The minimum atomic E-state index is 1.01. The molecule has 0 saturated carbocycles. The Labute approximate surface area is 469 Å². The first-order chi connectivity index (χ1) is 36.9. The normalized spacial score (nSPS) is 11.7. The molecular formula is C78H84. The average molecular weight is 1020 g/mol. The number of benzene rings is 10. The van der Waals surface area contributed by atoms with Crippen molar-refractivity contribution in [3.8, 4) is 44.5 Å². The van der Waals surface area contributed by atoms with E-state index in [1.807, 2.05) is 0 Å². The van der Waals surface area contributed by atoms with Gasteiger partial charge in [-0.2, -0.15) is 0 Å². The maximum absolute atomic E-state index is 2.42. The van der Waals surface area contributed by atoms with Gasteiger partial charge in [-0.25, -0.2) is 0 Å². The van der Waals surface area contributed by atoms with Crippen molar-refractivity contribution in [3.05, 3.63) is 255 Å². The van der Waals surface area contributed by atoms with E-state index in [1.54, 1.807) is 0 Å². The van der Waals surface area contributed by atoms with Crippen LogP contribution < -0.4 is 0 Å². The Kier molecular flexibility index (Phi) is 15.5.